The van der Waals surface area contributed by atoms with E-state index in [1.165, 1.54) is 5.56 Å². The Kier molecular flexibility index (Phi) is 4.46. The van der Waals surface area contributed by atoms with E-state index >= 15 is 0 Å². The van der Waals surface area contributed by atoms with Crippen LogP contribution < -0.4 is 0 Å². The van der Waals surface area contributed by atoms with Crippen molar-refractivity contribution in [2.75, 3.05) is 6.54 Å². The number of rotatable bonds is 5. The summed E-state index contributed by atoms with van der Waals surface area (Å²) < 4.78 is 0. The Morgan fingerprint density at radius 2 is 2.04 bits per heavy atom. The number of aromatic nitrogens is 3. The first-order valence-corrected chi connectivity index (χ1v) is 8.94. The molecule has 0 spiro atoms. The monoisotopic (exact) mass is 334 g/mol. The summed E-state index contributed by atoms with van der Waals surface area (Å²) in [6, 6.07) is 12.3. The third kappa shape index (κ3) is 3.40. The van der Waals surface area contributed by atoms with Crippen molar-refractivity contribution >= 4 is 16.9 Å². The van der Waals surface area contributed by atoms with Crippen molar-refractivity contribution in [2.24, 2.45) is 0 Å². The van der Waals surface area contributed by atoms with Crippen LogP contribution in [0.25, 0.3) is 11.0 Å². The average molecular weight is 334 g/mol. The number of imidazole rings is 1. The third-order valence-corrected chi connectivity index (χ3v) is 4.91. The third-order valence-electron chi connectivity index (χ3n) is 4.91. The van der Waals surface area contributed by atoms with Crippen molar-refractivity contribution in [1.29, 1.82) is 0 Å². The highest BCUT2D eigenvalue weighted by molar-refractivity contribution is 5.77. The van der Waals surface area contributed by atoms with Gasteiger partial charge in [0.05, 0.1) is 17.1 Å². The average Bonchev–Trinajstić information content (AvgIpc) is 3.29. The number of aryl methyl sites for hydroxylation is 1. The zero-order valence-electron chi connectivity index (χ0n) is 14.2. The maximum absolute atomic E-state index is 12.7. The van der Waals surface area contributed by atoms with Gasteiger partial charge in [0.15, 0.2) is 0 Å². The van der Waals surface area contributed by atoms with Crippen LogP contribution in [0.1, 0.15) is 43.1 Å². The molecule has 1 unspecified atom stereocenters. The summed E-state index contributed by atoms with van der Waals surface area (Å²) in [6.07, 6.45) is 7.91. The van der Waals surface area contributed by atoms with Crippen LogP contribution in [0, 0.1) is 0 Å². The number of benzene rings is 1. The van der Waals surface area contributed by atoms with Crippen molar-refractivity contribution in [3.8, 4) is 0 Å². The number of fused-ring (bicyclic) bond motifs is 1. The van der Waals surface area contributed by atoms with Crippen LogP contribution >= 0.6 is 0 Å². The Morgan fingerprint density at radius 3 is 2.88 bits per heavy atom. The first-order valence-electron chi connectivity index (χ1n) is 8.94. The fourth-order valence-electron chi connectivity index (χ4n) is 3.67. The zero-order chi connectivity index (χ0) is 17.1. The second-order valence-corrected chi connectivity index (χ2v) is 6.58. The molecule has 128 valence electrons. The van der Waals surface area contributed by atoms with Gasteiger partial charge in [-0.1, -0.05) is 12.1 Å². The summed E-state index contributed by atoms with van der Waals surface area (Å²) in [6.45, 7) is 0.858. The highest BCUT2D eigenvalue weighted by Gasteiger charge is 2.29. The molecule has 0 aliphatic carbocycles. The molecule has 3 heterocycles. The minimum Gasteiger partial charge on any atom is -0.342 e. The molecule has 1 aromatic carbocycles. The molecule has 5 nitrogen and oxygen atoms in total. The van der Waals surface area contributed by atoms with Gasteiger partial charge in [0, 0.05) is 31.8 Å². The summed E-state index contributed by atoms with van der Waals surface area (Å²) in [7, 11) is 0. The summed E-state index contributed by atoms with van der Waals surface area (Å²) in [5.41, 5.74) is 3.24. The van der Waals surface area contributed by atoms with Crippen LogP contribution in [0.2, 0.25) is 0 Å². The maximum Gasteiger partial charge on any atom is 0.223 e. The molecule has 1 saturated heterocycles. The van der Waals surface area contributed by atoms with Crippen LogP contribution in [0.15, 0.2) is 48.8 Å². The molecule has 2 aromatic heterocycles. The van der Waals surface area contributed by atoms with E-state index in [-0.39, 0.29) is 11.9 Å². The molecule has 0 radical (unpaired) electrons. The number of aromatic amines is 1. The SMILES string of the molecule is O=C(CCCc1nc2ccccc2[nH]1)N1CCCC1c1ccncc1. The second kappa shape index (κ2) is 7.05. The Bertz CT molecular complexity index is 825. The summed E-state index contributed by atoms with van der Waals surface area (Å²) in [5.74, 6) is 1.21. The molecule has 3 aromatic rings. The lowest BCUT2D eigenvalue weighted by Crippen LogP contribution is -2.30. The van der Waals surface area contributed by atoms with Gasteiger partial charge in [0.2, 0.25) is 5.91 Å². The number of amides is 1. The van der Waals surface area contributed by atoms with Gasteiger partial charge in [-0.3, -0.25) is 9.78 Å². The molecule has 1 amide bonds. The number of nitrogens with zero attached hydrogens (tertiary/aromatic N) is 3. The molecular formula is C20H22N4O. The summed E-state index contributed by atoms with van der Waals surface area (Å²) in [4.78, 5) is 26.7. The number of para-hydroxylation sites is 2. The second-order valence-electron chi connectivity index (χ2n) is 6.58. The molecule has 5 heteroatoms. The minimum atomic E-state index is 0.210. The van der Waals surface area contributed by atoms with Crippen molar-refractivity contribution in [3.63, 3.8) is 0 Å². The van der Waals surface area contributed by atoms with Gasteiger partial charge in [0.1, 0.15) is 5.82 Å². The molecule has 4 rings (SSSR count). The Morgan fingerprint density at radius 1 is 1.20 bits per heavy atom. The van der Waals surface area contributed by atoms with Crippen LogP contribution in [0.3, 0.4) is 0 Å². The molecule has 0 bridgehead atoms. The minimum absolute atomic E-state index is 0.210. The fraction of sp³-hybridized carbons (Fsp3) is 0.350. The van der Waals surface area contributed by atoms with E-state index in [2.05, 4.69) is 15.0 Å². The van der Waals surface area contributed by atoms with E-state index in [0.29, 0.717) is 6.42 Å². The number of carbonyl (C=O) groups excluding carboxylic acids is 1. The van der Waals surface area contributed by atoms with E-state index in [4.69, 9.17) is 0 Å². The molecule has 1 N–H and O–H groups in total. The maximum atomic E-state index is 12.7. The molecule has 0 saturated carbocycles. The largest absolute Gasteiger partial charge is 0.342 e. The molecule has 1 atom stereocenters. The molecule has 25 heavy (non-hydrogen) atoms. The Balaban J connectivity index is 1.35. The number of hydrogen-bond acceptors (Lipinski definition) is 3. The van der Waals surface area contributed by atoms with E-state index in [9.17, 15) is 4.79 Å². The van der Waals surface area contributed by atoms with Gasteiger partial charge in [0.25, 0.3) is 0 Å². The van der Waals surface area contributed by atoms with Crippen LogP contribution in [-0.2, 0) is 11.2 Å². The smallest absolute Gasteiger partial charge is 0.223 e. The number of hydrogen-bond donors (Lipinski definition) is 1. The topological polar surface area (TPSA) is 61.9 Å². The first kappa shape index (κ1) is 15.8. The molecule has 1 fully saturated rings. The highest BCUT2D eigenvalue weighted by Crippen LogP contribution is 2.32. The van der Waals surface area contributed by atoms with Crippen molar-refractivity contribution < 1.29 is 4.79 Å². The van der Waals surface area contributed by atoms with Crippen LogP contribution in [0.4, 0.5) is 0 Å². The van der Waals surface area contributed by atoms with Crippen molar-refractivity contribution in [2.45, 2.75) is 38.1 Å². The van der Waals surface area contributed by atoms with Crippen LogP contribution in [0.5, 0.6) is 0 Å². The van der Waals surface area contributed by atoms with Crippen molar-refractivity contribution in [1.82, 2.24) is 19.9 Å². The van der Waals surface area contributed by atoms with Gasteiger partial charge in [-0.15, -0.1) is 0 Å². The predicted octanol–water partition coefficient (Wildman–Crippen LogP) is 3.64. The lowest BCUT2D eigenvalue weighted by atomic mass is 10.1. The highest BCUT2D eigenvalue weighted by atomic mass is 16.2. The Hall–Kier alpha value is -2.69. The quantitative estimate of drug-likeness (QED) is 0.775. The standard InChI is InChI=1S/C20H22N4O/c25-20(24-14-4-7-18(24)15-10-12-21-13-11-15)9-3-8-19-22-16-5-1-2-6-17(16)23-19/h1-2,5-6,10-13,18H,3-4,7-9,14H2,(H,22,23). The fourth-order valence-corrected chi connectivity index (χ4v) is 3.67. The van der Waals surface area contributed by atoms with Crippen molar-refractivity contribution in [3.05, 3.63) is 60.2 Å². The lowest BCUT2D eigenvalue weighted by Gasteiger charge is -2.25. The van der Waals surface area contributed by atoms with Gasteiger partial charge < -0.3 is 9.88 Å². The zero-order valence-corrected chi connectivity index (χ0v) is 14.2. The normalized spacial score (nSPS) is 17.3. The van der Waals surface area contributed by atoms with E-state index < -0.39 is 0 Å². The summed E-state index contributed by atoms with van der Waals surface area (Å²) in [5, 5.41) is 0. The molecular weight excluding hydrogens is 312 g/mol. The first-order chi connectivity index (χ1) is 12.3. The van der Waals surface area contributed by atoms with Gasteiger partial charge >= 0.3 is 0 Å². The van der Waals surface area contributed by atoms with E-state index in [0.717, 1.165) is 49.1 Å². The number of carbonyl (C=O) groups is 1. The number of pyridine rings is 1. The number of likely N-dealkylation sites (tertiary alicyclic amines) is 1. The number of H-pyrrole nitrogens is 1. The van der Waals surface area contributed by atoms with Gasteiger partial charge in [-0.05, 0) is 49.1 Å². The van der Waals surface area contributed by atoms with Gasteiger partial charge in [-0.2, -0.15) is 0 Å². The lowest BCUT2D eigenvalue weighted by molar-refractivity contribution is -0.132. The summed E-state index contributed by atoms with van der Waals surface area (Å²) >= 11 is 0. The van der Waals surface area contributed by atoms with Gasteiger partial charge in [-0.25, -0.2) is 4.98 Å². The predicted molar refractivity (Wildman–Crippen MR) is 97.0 cm³/mol. The Labute approximate surface area is 147 Å². The molecule has 1 aliphatic rings. The number of nitrogens with one attached hydrogen (secondary N) is 1. The van der Waals surface area contributed by atoms with E-state index in [1.54, 1.807) is 12.4 Å². The van der Waals surface area contributed by atoms with E-state index in [1.807, 2.05) is 41.3 Å². The molecule has 1 aliphatic heterocycles. The van der Waals surface area contributed by atoms with Crippen LogP contribution in [-0.4, -0.2) is 32.3 Å².